The van der Waals surface area contributed by atoms with E-state index in [1.54, 1.807) is 36.4 Å². The number of aryl methyl sites for hydroxylation is 1. The van der Waals surface area contributed by atoms with Crippen LogP contribution < -0.4 is 10.9 Å². The van der Waals surface area contributed by atoms with Gasteiger partial charge >= 0.3 is 5.97 Å². The lowest BCUT2D eigenvalue weighted by atomic mass is 10.2. The molecule has 2 aromatic carbocycles. The summed E-state index contributed by atoms with van der Waals surface area (Å²) in [5.74, 6) is -1.49. The Labute approximate surface area is 165 Å². The van der Waals surface area contributed by atoms with Crippen molar-refractivity contribution >= 4 is 22.8 Å². The summed E-state index contributed by atoms with van der Waals surface area (Å²) in [5, 5.41) is 10.8. The summed E-state index contributed by atoms with van der Waals surface area (Å²) in [6.07, 6.45) is -1.15. The Morgan fingerprint density at radius 1 is 1.17 bits per heavy atom. The molecule has 1 heterocycles. The predicted octanol–water partition coefficient (Wildman–Crippen LogP) is 1.57. The number of aromatic nitrogens is 3. The van der Waals surface area contributed by atoms with Gasteiger partial charge in [-0.3, -0.25) is 14.4 Å². The second kappa shape index (κ2) is 9.05. The van der Waals surface area contributed by atoms with E-state index in [1.165, 1.54) is 19.1 Å². The summed E-state index contributed by atoms with van der Waals surface area (Å²) in [7, 11) is 0. The van der Waals surface area contributed by atoms with Crippen molar-refractivity contribution in [3.05, 3.63) is 70.3 Å². The standard InChI is InChI=1S/C20H19FN4O4/c1-13(19(27)22-12-14-6-8-15(21)9-7-14)29-18(26)10-11-25-20(28)16-4-2-3-5-17(16)23-24-25/h2-9,13H,10-12H2,1H3,(H,22,27). The molecule has 0 aliphatic heterocycles. The fourth-order valence-corrected chi connectivity index (χ4v) is 2.61. The predicted molar refractivity (Wildman–Crippen MR) is 102 cm³/mol. The molecule has 1 atom stereocenters. The molecule has 0 spiro atoms. The van der Waals surface area contributed by atoms with E-state index in [9.17, 15) is 18.8 Å². The SMILES string of the molecule is CC(OC(=O)CCn1nnc2ccccc2c1=O)C(=O)NCc1ccc(F)cc1. The molecule has 150 valence electrons. The van der Waals surface area contributed by atoms with Crippen molar-refractivity contribution < 1.29 is 18.7 Å². The highest BCUT2D eigenvalue weighted by Crippen LogP contribution is 2.05. The van der Waals surface area contributed by atoms with Crippen LogP contribution >= 0.6 is 0 Å². The minimum atomic E-state index is -1.01. The van der Waals surface area contributed by atoms with Crippen LogP contribution in [0.4, 0.5) is 4.39 Å². The summed E-state index contributed by atoms with van der Waals surface area (Å²) in [4.78, 5) is 36.4. The summed E-state index contributed by atoms with van der Waals surface area (Å²) >= 11 is 0. The number of fused-ring (bicyclic) bond motifs is 1. The Hall–Kier alpha value is -3.62. The number of benzene rings is 2. The third-order valence-corrected chi connectivity index (χ3v) is 4.21. The highest BCUT2D eigenvalue weighted by Gasteiger charge is 2.18. The maximum atomic E-state index is 12.9. The summed E-state index contributed by atoms with van der Waals surface area (Å²) < 4.78 is 19.1. The van der Waals surface area contributed by atoms with Crippen LogP contribution in [0.3, 0.4) is 0 Å². The number of carbonyl (C=O) groups is 2. The van der Waals surface area contributed by atoms with E-state index in [2.05, 4.69) is 15.6 Å². The smallest absolute Gasteiger partial charge is 0.308 e. The molecule has 0 aliphatic rings. The molecule has 1 aromatic heterocycles. The molecule has 0 aliphatic carbocycles. The van der Waals surface area contributed by atoms with Crippen molar-refractivity contribution in [1.29, 1.82) is 0 Å². The molecule has 1 amide bonds. The number of hydrogen-bond donors (Lipinski definition) is 1. The number of halogens is 1. The minimum absolute atomic E-state index is 0.0145. The van der Waals surface area contributed by atoms with Gasteiger partial charge in [-0.05, 0) is 36.8 Å². The van der Waals surface area contributed by atoms with E-state index in [0.29, 0.717) is 16.5 Å². The van der Waals surface area contributed by atoms with Gasteiger partial charge < -0.3 is 10.1 Å². The molecule has 9 heteroatoms. The van der Waals surface area contributed by atoms with E-state index < -0.39 is 18.0 Å². The van der Waals surface area contributed by atoms with Crippen molar-refractivity contribution in [2.75, 3.05) is 0 Å². The molecule has 8 nitrogen and oxygen atoms in total. The van der Waals surface area contributed by atoms with E-state index in [0.717, 1.165) is 4.68 Å². The third kappa shape index (κ3) is 5.22. The molecule has 0 saturated heterocycles. The van der Waals surface area contributed by atoms with Gasteiger partial charge in [-0.25, -0.2) is 9.07 Å². The largest absolute Gasteiger partial charge is 0.452 e. The molecule has 1 unspecified atom stereocenters. The van der Waals surface area contributed by atoms with Crippen molar-refractivity contribution in [1.82, 2.24) is 20.3 Å². The van der Waals surface area contributed by atoms with Crippen molar-refractivity contribution in [2.24, 2.45) is 0 Å². The Balaban J connectivity index is 1.49. The monoisotopic (exact) mass is 398 g/mol. The van der Waals surface area contributed by atoms with Crippen LogP contribution in [0, 0.1) is 5.82 Å². The molecule has 29 heavy (non-hydrogen) atoms. The van der Waals surface area contributed by atoms with Crippen molar-refractivity contribution in [3.63, 3.8) is 0 Å². The zero-order valence-corrected chi connectivity index (χ0v) is 15.7. The summed E-state index contributed by atoms with van der Waals surface area (Å²) in [5.41, 5.74) is 0.837. The third-order valence-electron chi connectivity index (χ3n) is 4.21. The first-order valence-corrected chi connectivity index (χ1v) is 8.98. The molecular formula is C20H19FN4O4. The van der Waals surface area contributed by atoms with Gasteiger partial charge in [0.1, 0.15) is 11.3 Å². The van der Waals surface area contributed by atoms with Crippen LogP contribution in [0.15, 0.2) is 53.3 Å². The second-order valence-corrected chi connectivity index (χ2v) is 6.36. The number of ether oxygens (including phenoxy) is 1. The molecule has 1 N–H and O–H groups in total. The van der Waals surface area contributed by atoms with E-state index >= 15 is 0 Å². The molecule has 3 aromatic rings. The lowest BCUT2D eigenvalue weighted by Gasteiger charge is -2.13. The van der Waals surface area contributed by atoms with Crippen LogP contribution in [0.5, 0.6) is 0 Å². The van der Waals surface area contributed by atoms with Gasteiger partial charge in [-0.2, -0.15) is 0 Å². The van der Waals surface area contributed by atoms with Gasteiger partial charge in [-0.1, -0.05) is 29.5 Å². The zero-order chi connectivity index (χ0) is 20.8. The second-order valence-electron chi connectivity index (χ2n) is 6.36. The molecule has 0 radical (unpaired) electrons. The fourth-order valence-electron chi connectivity index (χ4n) is 2.61. The van der Waals surface area contributed by atoms with Gasteiger partial charge in [0, 0.05) is 6.54 Å². The Morgan fingerprint density at radius 3 is 2.66 bits per heavy atom. The summed E-state index contributed by atoms with van der Waals surface area (Å²) in [6, 6.07) is 12.5. The van der Waals surface area contributed by atoms with Gasteiger partial charge in [0.25, 0.3) is 11.5 Å². The van der Waals surface area contributed by atoms with Crippen LogP contribution in [-0.2, 0) is 27.4 Å². The molecule has 0 saturated carbocycles. The number of carbonyl (C=O) groups excluding carboxylic acids is 2. The average molecular weight is 398 g/mol. The van der Waals surface area contributed by atoms with Gasteiger partial charge in [0.2, 0.25) is 0 Å². The highest BCUT2D eigenvalue weighted by molar-refractivity contribution is 5.83. The number of esters is 1. The van der Waals surface area contributed by atoms with Gasteiger partial charge in [-0.15, -0.1) is 5.10 Å². The van der Waals surface area contributed by atoms with Crippen LogP contribution in [-0.4, -0.2) is 33.0 Å². The first kappa shape index (κ1) is 20.1. The highest BCUT2D eigenvalue weighted by atomic mass is 19.1. The van der Waals surface area contributed by atoms with E-state index in [1.807, 2.05) is 0 Å². The molecule has 3 rings (SSSR count). The first-order valence-electron chi connectivity index (χ1n) is 8.98. The zero-order valence-electron chi connectivity index (χ0n) is 15.7. The minimum Gasteiger partial charge on any atom is -0.452 e. The Bertz CT molecular complexity index is 1080. The number of amides is 1. The van der Waals surface area contributed by atoms with Crippen molar-refractivity contribution in [3.8, 4) is 0 Å². The topological polar surface area (TPSA) is 103 Å². The first-order chi connectivity index (χ1) is 13.9. The van der Waals surface area contributed by atoms with Crippen LogP contribution in [0.1, 0.15) is 18.9 Å². The Kier molecular flexibility index (Phi) is 6.28. The fraction of sp³-hybridized carbons (Fsp3) is 0.250. The average Bonchev–Trinajstić information content (AvgIpc) is 2.72. The molecular weight excluding hydrogens is 379 g/mol. The lowest BCUT2D eigenvalue weighted by molar-refractivity contribution is -0.155. The summed E-state index contributed by atoms with van der Waals surface area (Å²) in [6.45, 7) is 1.61. The van der Waals surface area contributed by atoms with Gasteiger partial charge in [0.15, 0.2) is 6.10 Å². The molecule has 0 bridgehead atoms. The van der Waals surface area contributed by atoms with Gasteiger partial charge in [0.05, 0.1) is 18.4 Å². The lowest BCUT2D eigenvalue weighted by Crippen LogP contribution is -2.35. The van der Waals surface area contributed by atoms with Crippen molar-refractivity contribution in [2.45, 2.75) is 32.5 Å². The number of rotatable bonds is 7. The normalized spacial score (nSPS) is 11.8. The number of nitrogens with zero attached hydrogens (tertiary/aromatic N) is 3. The van der Waals surface area contributed by atoms with Crippen LogP contribution in [0.25, 0.3) is 10.9 Å². The van der Waals surface area contributed by atoms with E-state index in [4.69, 9.17) is 4.74 Å². The quantitative estimate of drug-likeness (QED) is 0.606. The van der Waals surface area contributed by atoms with Crippen LogP contribution in [0.2, 0.25) is 0 Å². The van der Waals surface area contributed by atoms with E-state index in [-0.39, 0.29) is 30.9 Å². The Morgan fingerprint density at radius 2 is 1.90 bits per heavy atom. The number of hydrogen-bond acceptors (Lipinski definition) is 6. The maximum Gasteiger partial charge on any atom is 0.308 e. The maximum absolute atomic E-state index is 12.9. The molecule has 0 fully saturated rings. The number of nitrogens with one attached hydrogen (secondary N) is 1.